The summed E-state index contributed by atoms with van der Waals surface area (Å²) in [6.07, 6.45) is 4.61. The number of aromatic nitrogens is 2. The van der Waals surface area contributed by atoms with Gasteiger partial charge in [-0.2, -0.15) is 9.40 Å². The molecule has 1 saturated carbocycles. The molecule has 2 bridgehead atoms. The van der Waals surface area contributed by atoms with Gasteiger partial charge in [0, 0.05) is 25.8 Å². The van der Waals surface area contributed by atoms with Crippen LogP contribution in [0.3, 0.4) is 0 Å². The Morgan fingerprint density at radius 2 is 2.24 bits per heavy atom. The van der Waals surface area contributed by atoms with Crippen LogP contribution in [0.4, 0.5) is 5.82 Å². The fraction of sp³-hybridized carbons (Fsp3) is 0.700. The summed E-state index contributed by atoms with van der Waals surface area (Å²) in [5, 5.41) is 3.90. The minimum absolute atomic E-state index is 0.0928. The number of rotatable bonds is 2. The van der Waals surface area contributed by atoms with Crippen LogP contribution >= 0.6 is 0 Å². The summed E-state index contributed by atoms with van der Waals surface area (Å²) >= 11 is 0. The van der Waals surface area contributed by atoms with E-state index >= 15 is 0 Å². The summed E-state index contributed by atoms with van der Waals surface area (Å²) in [4.78, 5) is 0.146. The molecular weight excluding hydrogens is 240 g/mol. The zero-order chi connectivity index (χ0) is 12.2. The van der Waals surface area contributed by atoms with E-state index in [-0.39, 0.29) is 16.8 Å². The van der Waals surface area contributed by atoms with Crippen LogP contribution in [0.15, 0.2) is 11.1 Å². The highest BCUT2D eigenvalue weighted by molar-refractivity contribution is 7.89. The molecule has 0 aromatic carbocycles. The van der Waals surface area contributed by atoms with Crippen molar-refractivity contribution in [2.75, 3.05) is 12.3 Å². The third kappa shape index (κ3) is 1.56. The van der Waals surface area contributed by atoms with Crippen molar-refractivity contribution >= 4 is 15.8 Å². The zero-order valence-corrected chi connectivity index (χ0v) is 10.5. The number of hydrogen-bond acceptors (Lipinski definition) is 4. The minimum Gasteiger partial charge on any atom is -0.381 e. The first-order valence-corrected chi connectivity index (χ1v) is 7.23. The molecule has 1 aliphatic heterocycles. The standard InChI is InChI=1S/C10H16N4O2S/c1-13-6-9(10(11)12-13)17(15,16)14-5-7-2-3-8(14)4-7/h6-8H,2-5H2,1H3,(H2,11,12). The van der Waals surface area contributed by atoms with Crippen LogP contribution < -0.4 is 5.73 Å². The summed E-state index contributed by atoms with van der Waals surface area (Å²) in [6.45, 7) is 0.640. The second kappa shape index (κ2) is 3.46. The molecular formula is C10H16N4O2S. The molecule has 0 radical (unpaired) electrons. The van der Waals surface area contributed by atoms with Crippen LogP contribution in [-0.4, -0.2) is 35.1 Å². The van der Waals surface area contributed by atoms with E-state index in [4.69, 9.17) is 5.73 Å². The molecule has 17 heavy (non-hydrogen) atoms. The number of sulfonamides is 1. The number of nitrogen functional groups attached to an aromatic ring is 1. The van der Waals surface area contributed by atoms with Crippen LogP contribution in [0.5, 0.6) is 0 Å². The fourth-order valence-electron chi connectivity index (χ4n) is 2.98. The molecule has 0 spiro atoms. The highest BCUT2D eigenvalue weighted by atomic mass is 32.2. The maximum atomic E-state index is 12.5. The lowest BCUT2D eigenvalue weighted by atomic mass is 10.1. The average Bonchev–Trinajstić information content (AvgIpc) is 2.92. The summed E-state index contributed by atoms with van der Waals surface area (Å²) < 4.78 is 27.9. The molecule has 2 heterocycles. The van der Waals surface area contributed by atoms with Gasteiger partial charge in [-0.15, -0.1) is 0 Å². The SMILES string of the molecule is Cn1cc(S(=O)(=O)N2CC3CCC2C3)c(N)n1. The number of anilines is 1. The van der Waals surface area contributed by atoms with Crippen molar-refractivity contribution in [3.63, 3.8) is 0 Å². The topological polar surface area (TPSA) is 81.2 Å². The Morgan fingerprint density at radius 1 is 1.47 bits per heavy atom. The number of fused-ring (bicyclic) bond motifs is 2. The van der Waals surface area contributed by atoms with Gasteiger partial charge >= 0.3 is 0 Å². The Labute approximate surface area is 100 Å². The predicted molar refractivity (Wildman–Crippen MR) is 62.6 cm³/mol. The number of hydrogen-bond donors (Lipinski definition) is 1. The smallest absolute Gasteiger partial charge is 0.248 e. The maximum Gasteiger partial charge on any atom is 0.248 e. The van der Waals surface area contributed by atoms with Crippen LogP contribution in [0.25, 0.3) is 0 Å². The van der Waals surface area contributed by atoms with Crippen molar-refractivity contribution in [2.24, 2.45) is 13.0 Å². The van der Waals surface area contributed by atoms with E-state index in [0.29, 0.717) is 12.5 Å². The van der Waals surface area contributed by atoms with Crippen molar-refractivity contribution in [3.05, 3.63) is 6.20 Å². The minimum atomic E-state index is -3.45. The van der Waals surface area contributed by atoms with Gasteiger partial charge < -0.3 is 5.73 Å². The third-order valence-corrected chi connectivity index (χ3v) is 5.70. The highest BCUT2D eigenvalue weighted by Gasteiger charge is 2.45. The van der Waals surface area contributed by atoms with E-state index in [0.717, 1.165) is 19.3 Å². The Bertz CT molecular complexity index is 551. The molecule has 2 aliphatic rings. The molecule has 1 aliphatic carbocycles. The van der Waals surface area contributed by atoms with Crippen molar-refractivity contribution in [1.29, 1.82) is 0 Å². The Hall–Kier alpha value is -1.08. The van der Waals surface area contributed by atoms with Gasteiger partial charge in [0.2, 0.25) is 10.0 Å². The lowest BCUT2D eigenvalue weighted by molar-refractivity contribution is 0.333. The van der Waals surface area contributed by atoms with Crippen molar-refractivity contribution < 1.29 is 8.42 Å². The Morgan fingerprint density at radius 3 is 2.71 bits per heavy atom. The summed E-state index contributed by atoms with van der Waals surface area (Å²) in [5.41, 5.74) is 5.66. The molecule has 2 unspecified atom stereocenters. The normalized spacial score (nSPS) is 29.0. The molecule has 1 saturated heterocycles. The Balaban J connectivity index is 1.99. The first kappa shape index (κ1) is 11.0. The molecule has 94 valence electrons. The first-order valence-electron chi connectivity index (χ1n) is 5.79. The number of aryl methyl sites for hydroxylation is 1. The number of nitrogens with zero attached hydrogens (tertiary/aromatic N) is 3. The van der Waals surface area contributed by atoms with Gasteiger partial charge in [0.25, 0.3) is 0 Å². The molecule has 0 amide bonds. The van der Waals surface area contributed by atoms with Gasteiger partial charge in [-0.3, -0.25) is 4.68 Å². The van der Waals surface area contributed by atoms with Gasteiger partial charge in [-0.05, 0) is 25.2 Å². The second-order valence-corrected chi connectivity index (χ2v) is 6.82. The van der Waals surface area contributed by atoms with Gasteiger partial charge in [0.1, 0.15) is 4.90 Å². The summed E-state index contributed by atoms with van der Waals surface area (Å²) in [6, 6.07) is 0.171. The Kier molecular flexibility index (Phi) is 2.24. The van der Waals surface area contributed by atoms with Gasteiger partial charge in [0.15, 0.2) is 5.82 Å². The molecule has 2 N–H and O–H groups in total. The molecule has 6 nitrogen and oxygen atoms in total. The molecule has 2 atom stereocenters. The summed E-state index contributed by atoms with van der Waals surface area (Å²) in [5.74, 6) is 0.628. The lowest BCUT2D eigenvalue weighted by Crippen LogP contribution is -2.37. The van der Waals surface area contributed by atoms with E-state index in [9.17, 15) is 8.42 Å². The van der Waals surface area contributed by atoms with Gasteiger partial charge in [-0.25, -0.2) is 8.42 Å². The molecule has 7 heteroatoms. The molecule has 1 aromatic rings. The highest BCUT2D eigenvalue weighted by Crippen LogP contribution is 2.40. The monoisotopic (exact) mass is 256 g/mol. The van der Waals surface area contributed by atoms with Crippen LogP contribution in [-0.2, 0) is 17.1 Å². The fourth-order valence-corrected chi connectivity index (χ4v) is 4.82. The molecule has 1 aromatic heterocycles. The third-order valence-electron chi connectivity index (χ3n) is 3.77. The number of nitrogens with two attached hydrogens (primary N) is 1. The lowest BCUT2D eigenvalue weighted by Gasteiger charge is -2.25. The molecule has 2 fully saturated rings. The average molecular weight is 256 g/mol. The number of piperidine rings is 1. The maximum absolute atomic E-state index is 12.5. The quantitative estimate of drug-likeness (QED) is 0.818. The molecule has 3 rings (SSSR count). The van der Waals surface area contributed by atoms with E-state index in [1.807, 2.05) is 0 Å². The van der Waals surface area contributed by atoms with Crippen molar-refractivity contribution in [1.82, 2.24) is 14.1 Å². The largest absolute Gasteiger partial charge is 0.381 e. The van der Waals surface area contributed by atoms with Crippen LogP contribution in [0.2, 0.25) is 0 Å². The van der Waals surface area contributed by atoms with E-state index in [1.165, 1.54) is 10.9 Å². The second-order valence-electron chi connectivity index (χ2n) is 4.96. The van der Waals surface area contributed by atoms with Crippen LogP contribution in [0.1, 0.15) is 19.3 Å². The first-order chi connectivity index (χ1) is 7.98. The van der Waals surface area contributed by atoms with Gasteiger partial charge in [0.05, 0.1) is 0 Å². The summed E-state index contributed by atoms with van der Waals surface area (Å²) in [7, 11) is -1.78. The van der Waals surface area contributed by atoms with Crippen molar-refractivity contribution in [3.8, 4) is 0 Å². The zero-order valence-electron chi connectivity index (χ0n) is 9.70. The van der Waals surface area contributed by atoms with Crippen molar-refractivity contribution in [2.45, 2.75) is 30.2 Å². The van der Waals surface area contributed by atoms with E-state index in [1.54, 1.807) is 11.4 Å². The van der Waals surface area contributed by atoms with Crippen LogP contribution in [0, 0.1) is 5.92 Å². The van der Waals surface area contributed by atoms with E-state index < -0.39 is 10.0 Å². The van der Waals surface area contributed by atoms with Gasteiger partial charge in [-0.1, -0.05) is 0 Å². The predicted octanol–water partition coefficient (Wildman–Crippen LogP) is 0.175. The van der Waals surface area contributed by atoms with E-state index in [2.05, 4.69) is 5.10 Å².